The lowest BCUT2D eigenvalue weighted by atomic mass is 9.68. The molecule has 32 heavy (non-hydrogen) atoms. The number of rotatable bonds is 5. The van der Waals surface area contributed by atoms with E-state index in [2.05, 4.69) is 54.8 Å². The van der Waals surface area contributed by atoms with Crippen LogP contribution in [0.25, 0.3) is 0 Å². The molecule has 1 aromatic rings. The van der Waals surface area contributed by atoms with Crippen molar-refractivity contribution in [1.29, 1.82) is 0 Å². The number of piperazine rings is 1. The highest BCUT2D eigenvalue weighted by atomic mass is 16.1. The van der Waals surface area contributed by atoms with Crippen molar-refractivity contribution in [3.8, 4) is 0 Å². The van der Waals surface area contributed by atoms with Gasteiger partial charge in [0.2, 0.25) is 5.91 Å². The minimum Gasteiger partial charge on any atom is -0.370 e. The van der Waals surface area contributed by atoms with E-state index >= 15 is 0 Å². The van der Waals surface area contributed by atoms with Gasteiger partial charge in [-0.05, 0) is 73.3 Å². The van der Waals surface area contributed by atoms with Gasteiger partial charge in [0, 0.05) is 44.3 Å². The van der Waals surface area contributed by atoms with Crippen molar-refractivity contribution in [2.24, 2.45) is 23.0 Å². The number of hydrogen-bond acceptors (Lipinski definition) is 3. The van der Waals surface area contributed by atoms with Crippen molar-refractivity contribution >= 4 is 11.6 Å². The van der Waals surface area contributed by atoms with Gasteiger partial charge in [0.05, 0.1) is 0 Å². The summed E-state index contributed by atoms with van der Waals surface area (Å²) < 4.78 is 0. The van der Waals surface area contributed by atoms with Gasteiger partial charge in [0.1, 0.15) is 0 Å². The molecule has 1 heterocycles. The quantitative estimate of drug-likeness (QED) is 0.653. The summed E-state index contributed by atoms with van der Waals surface area (Å²) >= 11 is 0. The summed E-state index contributed by atoms with van der Waals surface area (Å²) in [6.07, 6.45) is 10.9. The number of primary amides is 1. The molecule has 1 aromatic carbocycles. The van der Waals surface area contributed by atoms with Crippen LogP contribution in [0.3, 0.4) is 0 Å². The van der Waals surface area contributed by atoms with Gasteiger partial charge in [-0.1, -0.05) is 51.8 Å². The van der Waals surface area contributed by atoms with E-state index in [-0.39, 0.29) is 5.91 Å². The molecule has 0 radical (unpaired) electrons. The van der Waals surface area contributed by atoms with Crippen LogP contribution in [0.1, 0.15) is 90.0 Å². The third kappa shape index (κ3) is 5.50. The summed E-state index contributed by atoms with van der Waals surface area (Å²) in [5.74, 6) is 1.90. The fourth-order valence-electron chi connectivity index (χ4n) is 6.85. The van der Waals surface area contributed by atoms with Crippen molar-refractivity contribution in [3.05, 3.63) is 29.8 Å². The van der Waals surface area contributed by atoms with Gasteiger partial charge >= 0.3 is 0 Å². The number of amides is 1. The fourth-order valence-corrected chi connectivity index (χ4v) is 6.85. The smallest absolute Gasteiger partial charge is 0.217 e. The lowest BCUT2D eigenvalue weighted by Gasteiger charge is -2.45. The molecule has 4 nitrogen and oxygen atoms in total. The van der Waals surface area contributed by atoms with Crippen LogP contribution in [-0.2, 0) is 4.79 Å². The SMILES string of the molecule is CC(C)(C)C1CCC(c2ccccc2N2CCN(C3CCCCC3CC(N)=O)CC2)CC1. The Hall–Kier alpha value is -1.55. The first-order valence-corrected chi connectivity index (χ1v) is 13.2. The molecule has 0 spiro atoms. The number of nitrogens with two attached hydrogens (primary N) is 1. The Morgan fingerprint density at radius 1 is 0.938 bits per heavy atom. The molecule has 2 unspecified atom stereocenters. The van der Waals surface area contributed by atoms with Crippen molar-refractivity contribution in [2.45, 2.75) is 90.5 Å². The summed E-state index contributed by atoms with van der Waals surface area (Å²) in [7, 11) is 0. The van der Waals surface area contributed by atoms with Crippen LogP contribution in [0.4, 0.5) is 5.69 Å². The molecule has 1 aliphatic heterocycles. The zero-order chi connectivity index (χ0) is 22.7. The maximum Gasteiger partial charge on any atom is 0.217 e. The molecule has 1 amide bonds. The molecule has 2 aliphatic carbocycles. The Kier molecular flexibility index (Phi) is 7.49. The summed E-state index contributed by atoms with van der Waals surface area (Å²) in [6, 6.07) is 9.75. The Balaban J connectivity index is 1.39. The number of benzene rings is 1. The van der Waals surface area contributed by atoms with Crippen LogP contribution in [0.5, 0.6) is 0 Å². The second kappa shape index (κ2) is 10.2. The first-order chi connectivity index (χ1) is 15.3. The third-order valence-corrected chi connectivity index (χ3v) is 8.78. The number of hydrogen-bond donors (Lipinski definition) is 1. The monoisotopic (exact) mass is 439 g/mol. The summed E-state index contributed by atoms with van der Waals surface area (Å²) in [6.45, 7) is 11.6. The Morgan fingerprint density at radius 2 is 1.59 bits per heavy atom. The first-order valence-electron chi connectivity index (χ1n) is 13.2. The number of anilines is 1. The second-order valence-electron chi connectivity index (χ2n) is 11.8. The van der Waals surface area contributed by atoms with Crippen LogP contribution in [-0.4, -0.2) is 43.0 Å². The van der Waals surface area contributed by atoms with Gasteiger partial charge in [0.15, 0.2) is 0 Å². The highest BCUT2D eigenvalue weighted by Crippen LogP contribution is 2.45. The number of carbonyl (C=O) groups excluding carboxylic acids is 1. The highest BCUT2D eigenvalue weighted by Gasteiger charge is 2.34. The third-order valence-electron chi connectivity index (χ3n) is 8.78. The standard InChI is InChI=1S/C28H45N3O/c1-28(2,3)23-14-12-21(13-15-23)24-9-5-7-11-26(24)31-18-16-30(17-19-31)25-10-6-4-8-22(25)20-27(29)32/h5,7,9,11,21-23,25H,4,6,8,10,12-20H2,1-3H3,(H2,29,32). The molecule has 2 N–H and O–H groups in total. The molecular weight excluding hydrogens is 394 g/mol. The number of carbonyl (C=O) groups is 1. The molecule has 178 valence electrons. The Bertz CT molecular complexity index is 754. The Morgan fingerprint density at radius 3 is 2.25 bits per heavy atom. The van der Waals surface area contributed by atoms with Crippen molar-refractivity contribution in [1.82, 2.24) is 4.90 Å². The maximum atomic E-state index is 11.6. The van der Waals surface area contributed by atoms with E-state index in [4.69, 9.17) is 5.73 Å². The van der Waals surface area contributed by atoms with Crippen molar-refractivity contribution < 1.29 is 4.79 Å². The van der Waals surface area contributed by atoms with E-state index < -0.39 is 0 Å². The van der Waals surface area contributed by atoms with Crippen LogP contribution in [0.2, 0.25) is 0 Å². The summed E-state index contributed by atoms with van der Waals surface area (Å²) in [5, 5.41) is 0. The van der Waals surface area contributed by atoms with Gasteiger partial charge in [-0.25, -0.2) is 0 Å². The van der Waals surface area contributed by atoms with Gasteiger partial charge < -0.3 is 10.6 Å². The molecule has 4 heteroatoms. The summed E-state index contributed by atoms with van der Waals surface area (Å²) in [4.78, 5) is 16.9. The van der Waals surface area contributed by atoms with E-state index in [9.17, 15) is 4.79 Å². The first kappa shape index (κ1) is 23.6. The van der Waals surface area contributed by atoms with E-state index in [0.29, 0.717) is 29.7 Å². The van der Waals surface area contributed by atoms with Crippen LogP contribution < -0.4 is 10.6 Å². The van der Waals surface area contributed by atoms with Crippen molar-refractivity contribution in [3.63, 3.8) is 0 Å². The molecule has 4 rings (SSSR count). The molecule has 2 saturated carbocycles. The average molecular weight is 440 g/mol. The lowest BCUT2D eigenvalue weighted by Crippen LogP contribution is -2.53. The van der Waals surface area contributed by atoms with Gasteiger partial charge in [-0.2, -0.15) is 0 Å². The molecule has 0 aromatic heterocycles. The van der Waals surface area contributed by atoms with Gasteiger partial charge in [-0.3, -0.25) is 9.69 Å². The fraction of sp³-hybridized carbons (Fsp3) is 0.750. The van der Waals surface area contributed by atoms with Crippen molar-refractivity contribution in [2.75, 3.05) is 31.1 Å². The van der Waals surface area contributed by atoms with Crippen LogP contribution in [0.15, 0.2) is 24.3 Å². The normalized spacial score (nSPS) is 30.3. The Labute approximate surface area is 195 Å². The van der Waals surface area contributed by atoms with E-state index in [1.807, 2.05) is 0 Å². The maximum absolute atomic E-state index is 11.6. The van der Waals surface area contributed by atoms with E-state index in [1.54, 1.807) is 5.56 Å². The molecule has 0 bridgehead atoms. The molecule has 3 fully saturated rings. The molecule has 2 atom stereocenters. The minimum atomic E-state index is -0.129. The van der Waals surface area contributed by atoms with Gasteiger partial charge in [-0.15, -0.1) is 0 Å². The average Bonchev–Trinajstić information content (AvgIpc) is 2.79. The minimum absolute atomic E-state index is 0.129. The predicted molar refractivity (Wildman–Crippen MR) is 134 cm³/mol. The van der Waals surface area contributed by atoms with Crippen LogP contribution in [0, 0.1) is 17.3 Å². The highest BCUT2D eigenvalue weighted by molar-refractivity contribution is 5.74. The largest absolute Gasteiger partial charge is 0.370 e. The zero-order valence-electron chi connectivity index (χ0n) is 20.7. The van der Waals surface area contributed by atoms with Crippen LogP contribution >= 0.6 is 0 Å². The molecule has 3 aliphatic rings. The van der Waals surface area contributed by atoms with E-state index in [0.717, 1.165) is 38.5 Å². The second-order valence-corrected chi connectivity index (χ2v) is 11.8. The predicted octanol–water partition coefficient (Wildman–Crippen LogP) is 5.56. The lowest BCUT2D eigenvalue weighted by molar-refractivity contribution is -0.119. The topological polar surface area (TPSA) is 49.6 Å². The van der Waals surface area contributed by atoms with Gasteiger partial charge in [0.25, 0.3) is 0 Å². The molecular formula is C28H45N3O. The number of nitrogens with zero attached hydrogens (tertiary/aromatic N) is 2. The van der Waals surface area contributed by atoms with E-state index in [1.165, 1.54) is 50.6 Å². The summed E-state index contributed by atoms with van der Waals surface area (Å²) in [5.41, 5.74) is 9.06. The zero-order valence-corrected chi connectivity index (χ0v) is 20.7. The molecule has 1 saturated heterocycles. The number of para-hydroxylation sites is 1.